The van der Waals surface area contributed by atoms with Crippen LogP contribution >= 0.6 is 0 Å². The van der Waals surface area contributed by atoms with E-state index in [1.807, 2.05) is 16.7 Å². The zero-order valence-corrected chi connectivity index (χ0v) is 14.1. The fourth-order valence-electron chi connectivity index (χ4n) is 4.11. The van der Waals surface area contributed by atoms with Crippen molar-refractivity contribution in [2.45, 2.75) is 51.0 Å². The van der Waals surface area contributed by atoms with Crippen LogP contribution in [0.25, 0.3) is 0 Å². The summed E-state index contributed by atoms with van der Waals surface area (Å²) in [6.07, 6.45) is 5.59. The van der Waals surface area contributed by atoms with E-state index < -0.39 is 5.82 Å². The summed E-state index contributed by atoms with van der Waals surface area (Å²) in [5.74, 6) is -0.125. The molecule has 5 nitrogen and oxygen atoms in total. The van der Waals surface area contributed by atoms with Crippen LogP contribution in [0.2, 0.25) is 0 Å². The summed E-state index contributed by atoms with van der Waals surface area (Å²) in [5, 5.41) is 0. The average molecular weight is 333 g/mol. The molecule has 130 valence electrons. The smallest absolute Gasteiger partial charge is 0.228 e. The van der Waals surface area contributed by atoms with Gasteiger partial charge < -0.3 is 9.80 Å². The molecule has 1 aromatic rings. The van der Waals surface area contributed by atoms with Crippen LogP contribution in [-0.2, 0) is 16.0 Å². The van der Waals surface area contributed by atoms with E-state index in [-0.39, 0.29) is 23.8 Å². The lowest BCUT2D eigenvalue weighted by Gasteiger charge is -2.37. The largest absolute Gasteiger partial charge is 0.342 e. The van der Waals surface area contributed by atoms with Crippen molar-refractivity contribution < 1.29 is 14.0 Å². The van der Waals surface area contributed by atoms with Crippen molar-refractivity contribution in [2.24, 2.45) is 0 Å². The predicted octanol–water partition coefficient (Wildman–Crippen LogP) is 2.16. The fourth-order valence-corrected chi connectivity index (χ4v) is 4.11. The number of rotatable bonds is 3. The van der Waals surface area contributed by atoms with E-state index in [1.165, 1.54) is 6.07 Å². The molecule has 0 aromatic carbocycles. The molecule has 0 saturated carbocycles. The molecule has 1 spiro atoms. The van der Waals surface area contributed by atoms with Gasteiger partial charge in [0.05, 0.1) is 12.6 Å². The van der Waals surface area contributed by atoms with Gasteiger partial charge in [-0.1, -0.05) is 0 Å². The standard InChI is InChI=1S/C18H24FN3O2/c1-2-22-16(23)6-8-18(22)7-3-10-21(11-9-18)17(24)12-15-5-4-14(19)13-20-15/h4-5,13H,2-3,6-12H2,1H3. The number of nitrogens with zero attached hydrogens (tertiary/aromatic N) is 3. The molecule has 2 saturated heterocycles. The van der Waals surface area contributed by atoms with Crippen molar-refractivity contribution in [3.63, 3.8) is 0 Å². The van der Waals surface area contributed by atoms with Gasteiger partial charge in [-0.05, 0) is 44.7 Å². The van der Waals surface area contributed by atoms with E-state index in [9.17, 15) is 14.0 Å². The highest BCUT2D eigenvalue weighted by Crippen LogP contribution is 2.38. The Balaban J connectivity index is 1.64. The minimum absolute atomic E-state index is 0.0264. The van der Waals surface area contributed by atoms with Crippen LogP contribution in [0.4, 0.5) is 4.39 Å². The van der Waals surface area contributed by atoms with E-state index in [0.29, 0.717) is 25.2 Å². The highest BCUT2D eigenvalue weighted by atomic mass is 19.1. The van der Waals surface area contributed by atoms with Gasteiger partial charge in [0.15, 0.2) is 0 Å². The summed E-state index contributed by atoms with van der Waals surface area (Å²) in [4.78, 5) is 32.5. The summed E-state index contributed by atoms with van der Waals surface area (Å²) in [6.45, 7) is 4.16. The maximum absolute atomic E-state index is 12.9. The number of aromatic nitrogens is 1. The highest BCUT2D eigenvalue weighted by Gasteiger charge is 2.45. The Morgan fingerprint density at radius 2 is 2.12 bits per heavy atom. The van der Waals surface area contributed by atoms with Gasteiger partial charge in [-0.25, -0.2) is 4.39 Å². The molecule has 3 rings (SSSR count). The molecule has 6 heteroatoms. The number of carbonyl (C=O) groups excluding carboxylic acids is 2. The lowest BCUT2D eigenvalue weighted by molar-refractivity contribution is -0.131. The zero-order valence-electron chi connectivity index (χ0n) is 14.1. The summed E-state index contributed by atoms with van der Waals surface area (Å²) in [5.41, 5.74) is 0.529. The molecule has 1 unspecified atom stereocenters. The van der Waals surface area contributed by atoms with Crippen molar-refractivity contribution in [3.8, 4) is 0 Å². The van der Waals surface area contributed by atoms with Crippen molar-refractivity contribution in [3.05, 3.63) is 29.8 Å². The molecule has 24 heavy (non-hydrogen) atoms. The number of hydrogen-bond acceptors (Lipinski definition) is 3. The molecule has 0 N–H and O–H groups in total. The maximum atomic E-state index is 12.9. The van der Waals surface area contributed by atoms with E-state index in [4.69, 9.17) is 0 Å². The Hall–Kier alpha value is -1.98. The summed E-state index contributed by atoms with van der Waals surface area (Å²) >= 11 is 0. The molecule has 2 fully saturated rings. The van der Waals surface area contributed by atoms with Gasteiger partial charge in [-0.2, -0.15) is 0 Å². The second-order valence-corrected chi connectivity index (χ2v) is 6.74. The Morgan fingerprint density at radius 3 is 2.83 bits per heavy atom. The summed E-state index contributed by atoms with van der Waals surface area (Å²) in [7, 11) is 0. The van der Waals surface area contributed by atoms with Gasteiger partial charge >= 0.3 is 0 Å². The minimum atomic E-state index is -0.395. The molecule has 2 amide bonds. The first-order valence-electron chi connectivity index (χ1n) is 8.73. The van der Waals surface area contributed by atoms with Crippen molar-refractivity contribution in [1.82, 2.24) is 14.8 Å². The third-order valence-electron chi connectivity index (χ3n) is 5.39. The van der Waals surface area contributed by atoms with E-state index in [2.05, 4.69) is 4.98 Å². The lowest BCUT2D eigenvalue weighted by Crippen LogP contribution is -2.46. The SMILES string of the molecule is CCN1C(=O)CCC12CCCN(C(=O)Cc1ccc(F)cn1)CC2. The Morgan fingerprint density at radius 1 is 1.29 bits per heavy atom. The fraction of sp³-hybridized carbons (Fsp3) is 0.611. The monoisotopic (exact) mass is 333 g/mol. The van der Waals surface area contributed by atoms with E-state index >= 15 is 0 Å². The van der Waals surface area contributed by atoms with E-state index in [1.54, 1.807) is 6.07 Å². The number of hydrogen-bond donors (Lipinski definition) is 0. The van der Waals surface area contributed by atoms with Gasteiger partial charge in [0.1, 0.15) is 5.82 Å². The van der Waals surface area contributed by atoms with Gasteiger partial charge in [0, 0.05) is 37.3 Å². The number of halogens is 1. The van der Waals surface area contributed by atoms with Gasteiger partial charge in [0.2, 0.25) is 11.8 Å². The van der Waals surface area contributed by atoms with Crippen LogP contribution < -0.4 is 0 Å². The van der Waals surface area contributed by atoms with Crippen LogP contribution in [0.15, 0.2) is 18.3 Å². The van der Waals surface area contributed by atoms with E-state index in [0.717, 1.165) is 38.4 Å². The summed E-state index contributed by atoms with van der Waals surface area (Å²) in [6, 6.07) is 2.89. The molecule has 0 aliphatic carbocycles. The van der Waals surface area contributed by atoms with Crippen molar-refractivity contribution >= 4 is 11.8 Å². The molecular weight excluding hydrogens is 309 g/mol. The number of amides is 2. The quantitative estimate of drug-likeness (QED) is 0.852. The highest BCUT2D eigenvalue weighted by molar-refractivity contribution is 5.80. The maximum Gasteiger partial charge on any atom is 0.228 e. The second-order valence-electron chi connectivity index (χ2n) is 6.74. The van der Waals surface area contributed by atoms with Crippen LogP contribution in [0, 0.1) is 5.82 Å². The molecule has 1 atom stereocenters. The predicted molar refractivity (Wildman–Crippen MR) is 87.7 cm³/mol. The van der Waals surface area contributed by atoms with Crippen LogP contribution in [-0.4, -0.2) is 51.8 Å². The van der Waals surface area contributed by atoms with Crippen LogP contribution in [0.3, 0.4) is 0 Å². The molecule has 3 heterocycles. The third-order valence-corrected chi connectivity index (χ3v) is 5.39. The number of likely N-dealkylation sites (tertiary alicyclic amines) is 2. The first-order chi connectivity index (χ1) is 11.5. The Labute approximate surface area is 141 Å². The Kier molecular flexibility index (Phi) is 4.83. The van der Waals surface area contributed by atoms with Crippen LogP contribution in [0.1, 0.15) is 44.7 Å². The molecule has 0 bridgehead atoms. The third kappa shape index (κ3) is 3.28. The summed E-state index contributed by atoms with van der Waals surface area (Å²) < 4.78 is 12.9. The molecule has 2 aliphatic rings. The number of carbonyl (C=O) groups is 2. The van der Waals surface area contributed by atoms with Gasteiger partial charge in [0.25, 0.3) is 0 Å². The molecule has 1 aromatic heterocycles. The van der Waals surface area contributed by atoms with Crippen molar-refractivity contribution in [2.75, 3.05) is 19.6 Å². The van der Waals surface area contributed by atoms with Crippen molar-refractivity contribution in [1.29, 1.82) is 0 Å². The zero-order chi connectivity index (χ0) is 17.2. The van der Waals surface area contributed by atoms with Gasteiger partial charge in [-0.3, -0.25) is 14.6 Å². The molecular formula is C18H24FN3O2. The first-order valence-corrected chi connectivity index (χ1v) is 8.73. The second kappa shape index (κ2) is 6.87. The minimum Gasteiger partial charge on any atom is -0.342 e. The van der Waals surface area contributed by atoms with Gasteiger partial charge in [-0.15, -0.1) is 0 Å². The average Bonchev–Trinajstić information content (AvgIpc) is 2.74. The topological polar surface area (TPSA) is 53.5 Å². The first kappa shape index (κ1) is 16.9. The Bertz CT molecular complexity index is 619. The van der Waals surface area contributed by atoms with Crippen LogP contribution in [0.5, 0.6) is 0 Å². The normalized spacial score (nSPS) is 24.5. The molecule has 0 radical (unpaired) electrons. The number of pyridine rings is 1. The molecule has 2 aliphatic heterocycles. The lowest BCUT2D eigenvalue weighted by atomic mass is 9.88.